The van der Waals surface area contributed by atoms with Crippen LogP contribution in [0.1, 0.15) is 33.1 Å². The quantitative estimate of drug-likeness (QED) is 0.672. The molecule has 0 spiro atoms. The number of likely N-dealkylation sites (N-methyl/N-ethyl adjacent to an activating group) is 1. The molecule has 1 saturated heterocycles. The van der Waals surface area contributed by atoms with Gasteiger partial charge in [-0.2, -0.15) is 0 Å². The van der Waals surface area contributed by atoms with Gasteiger partial charge in [-0.1, -0.05) is 0 Å². The minimum atomic E-state index is 0.716. The second-order valence-electron chi connectivity index (χ2n) is 5.08. The molecule has 3 nitrogen and oxygen atoms in total. The Morgan fingerprint density at radius 1 is 1.25 bits per heavy atom. The minimum absolute atomic E-state index is 0.716. The highest BCUT2D eigenvalue weighted by Crippen LogP contribution is 2.21. The molecule has 1 N–H and O–H groups in total. The standard InChI is InChI=1S/C13H28N2O/c1-12(2)15-8-4-13(5-9-15)6-10-16-11-7-14-3/h12-14H,4-11H2,1-3H3. The van der Waals surface area contributed by atoms with Crippen molar-refractivity contribution in [2.24, 2.45) is 5.92 Å². The van der Waals surface area contributed by atoms with Gasteiger partial charge in [-0.25, -0.2) is 0 Å². The van der Waals surface area contributed by atoms with Gasteiger partial charge < -0.3 is 15.0 Å². The van der Waals surface area contributed by atoms with E-state index < -0.39 is 0 Å². The lowest BCUT2D eigenvalue weighted by Gasteiger charge is -2.34. The average Bonchev–Trinajstić information content (AvgIpc) is 2.29. The fourth-order valence-electron chi connectivity index (χ4n) is 2.28. The lowest BCUT2D eigenvalue weighted by molar-refractivity contribution is 0.0957. The van der Waals surface area contributed by atoms with Crippen LogP contribution in [0.4, 0.5) is 0 Å². The second-order valence-corrected chi connectivity index (χ2v) is 5.08. The third-order valence-corrected chi connectivity index (χ3v) is 3.55. The predicted octanol–water partition coefficient (Wildman–Crippen LogP) is 1.73. The third-order valence-electron chi connectivity index (χ3n) is 3.55. The molecule has 0 unspecified atom stereocenters. The first kappa shape index (κ1) is 13.9. The van der Waals surface area contributed by atoms with Gasteiger partial charge in [0.15, 0.2) is 0 Å². The first-order valence-electron chi connectivity index (χ1n) is 6.70. The first-order valence-corrected chi connectivity index (χ1v) is 6.70. The topological polar surface area (TPSA) is 24.5 Å². The fraction of sp³-hybridized carbons (Fsp3) is 1.00. The maximum atomic E-state index is 5.57. The molecule has 96 valence electrons. The van der Waals surface area contributed by atoms with Crippen LogP contribution in [0.3, 0.4) is 0 Å². The number of piperidine rings is 1. The van der Waals surface area contributed by atoms with E-state index in [0.717, 1.165) is 25.7 Å². The molecule has 0 saturated carbocycles. The van der Waals surface area contributed by atoms with Crippen molar-refractivity contribution in [2.75, 3.05) is 39.9 Å². The zero-order valence-corrected chi connectivity index (χ0v) is 11.2. The van der Waals surface area contributed by atoms with Crippen LogP contribution in [-0.4, -0.2) is 50.8 Å². The average molecular weight is 228 g/mol. The monoisotopic (exact) mass is 228 g/mol. The Kier molecular flexibility index (Phi) is 7.01. The SMILES string of the molecule is CNCCOCCC1CCN(C(C)C)CC1. The summed E-state index contributed by atoms with van der Waals surface area (Å²) in [6, 6.07) is 0.716. The van der Waals surface area contributed by atoms with E-state index in [-0.39, 0.29) is 0 Å². The molecule has 0 aromatic heterocycles. The van der Waals surface area contributed by atoms with E-state index >= 15 is 0 Å². The lowest BCUT2D eigenvalue weighted by atomic mass is 9.93. The molecule has 1 aliphatic heterocycles. The predicted molar refractivity (Wildman–Crippen MR) is 68.8 cm³/mol. The summed E-state index contributed by atoms with van der Waals surface area (Å²) in [5, 5.41) is 3.09. The maximum Gasteiger partial charge on any atom is 0.0590 e. The number of ether oxygens (including phenoxy) is 1. The van der Waals surface area contributed by atoms with E-state index in [2.05, 4.69) is 24.1 Å². The summed E-state index contributed by atoms with van der Waals surface area (Å²) >= 11 is 0. The molecule has 16 heavy (non-hydrogen) atoms. The molecule has 1 aliphatic rings. The molecule has 0 aromatic carbocycles. The number of hydrogen-bond acceptors (Lipinski definition) is 3. The van der Waals surface area contributed by atoms with E-state index in [4.69, 9.17) is 4.74 Å². The molecule has 0 aliphatic carbocycles. The Bertz CT molecular complexity index is 165. The summed E-state index contributed by atoms with van der Waals surface area (Å²) in [5.74, 6) is 0.893. The van der Waals surface area contributed by atoms with Crippen molar-refractivity contribution in [2.45, 2.75) is 39.2 Å². The van der Waals surface area contributed by atoms with Crippen LogP contribution in [-0.2, 0) is 4.74 Å². The Balaban J connectivity index is 1.99. The molecule has 0 aromatic rings. The number of rotatable bonds is 7. The Labute approximate surface area is 101 Å². The van der Waals surface area contributed by atoms with Gasteiger partial charge in [0.25, 0.3) is 0 Å². The molecule has 0 atom stereocenters. The van der Waals surface area contributed by atoms with Crippen molar-refractivity contribution in [1.82, 2.24) is 10.2 Å². The van der Waals surface area contributed by atoms with E-state index in [0.29, 0.717) is 6.04 Å². The van der Waals surface area contributed by atoms with Gasteiger partial charge in [0, 0.05) is 19.2 Å². The molecule has 1 rings (SSSR count). The first-order chi connectivity index (χ1) is 7.74. The summed E-state index contributed by atoms with van der Waals surface area (Å²) in [7, 11) is 1.96. The zero-order chi connectivity index (χ0) is 11.8. The van der Waals surface area contributed by atoms with E-state index in [1.54, 1.807) is 0 Å². The van der Waals surface area contributed by atoms with Gasteiger partial charge in [0.05, 0.1) is 6.61 Å². The molecule has 0 radical (unpaired) electrons. The summed E-state index contributed by atoms with van der Waals surface area (Å²) in [5.41, 5.74) is 0. The van der Waals surface area contributed by atoms with Gasteiger partial charge in [0.1, 0.15) is 0 Å². The summed E-state index contributed by atoms with van der Waals surface area (Å²) < 4.78 is 5.57. The number of likely N-dealkylation sites (tertiary alicyclic amines) is 1. The number of hydrogen-bond donors (Lipinski definition) is 1. The fourth-order valence-corrected chi connectivity index (χ4v) is 2.28. The van der Waals surface area contributed by atoms with Crippen LogP contribution < -0.4 is 5.32 Å². The normalized spacial score (nSPS) is 19.5. The Hall–Kier alpha value is -0.120. The number of nitrogens with one attached hydrogen (secondary N) is 1. The Morgan fingerprint density at radius 3 is 2.50 bits per heavy atom. The molecular formula is C13H28N2O. The minimum Gasteiger partial charge on any atom is -0.380 e. The van der Waals surface area contributed by atoms with Crippen molar-refractivity contribution < 1.29 is 4.74 Å². The largest absolute Gasteiger partial charge is 0.380 e. The van der Waals surface area contributed by atoms with Gasteiger partial charge in [0.2, 0.25) is 0 Å². The highest BCUT2D eigenvalue weighted by atomic mass is 16.5. The molecule has 0 bridgehead atoms. The molecule has 3 heteroatoms. The van der Waals surface area contributed by atoms with Crippen LogP contribution in [0.2, 0.25) is 0 Å². The highest BCUT2D eigenvalue weighted by Gasteiger charge is 2.20. The van der Waals surface area contributed by atoms with Crippen molar-refractivity contribution in [1.29, 1.82) is 0 Å². The number of nitrogens with zero attached hydrogens (tertiary/aromatic N) is 1. The summed E-state index contributed by atoms with van der Waals surface area (Å²) in [6.45, 7) is 9.89. The van der Waals surface area contributed by atoms with Crippen molar-refractivity contribution >= 4 is 0 Å². The molecule has 1 fully saturated rings. The smallest absolute Gasteiger partial charge is 0.0590 e. The van der Waals surface area contributed by atoms with E-state index in [9.17, 15) is 0 Å². The van der Waals surface area contributed by atoms with Crippen molar-refractivity contribution in [3.63, 3.8) is 0 Å². The maximum absolute atomic E-state index is 5.57. The summed E-state index contributed by atoms with van der Waals surface area (Å²) in [4.78, 5) is 2.58. The van der Waals surface area contributed by atoms with Gasteiger partial charge in [-0.3, -0.25) is 0 Å². The van der Waals surface area contributed by atoms with E-state index in [1.807, 2.05) is 7.05 Å². The van der Waals surface area contributed by atoms with Gasteiger partial charge in [-0.15, -0.1) is 0 Å². The van der Waals surface area contributed by atoms with Crippen LogP contribution in [0.15, 0.2) is 0 Å². The summed E-state index contributed by atoms with van der Waals surface area (Å²) in [6.07, 6.45) is 3.96. The Morgan fingerprint density at radius 2 is 1.94 bits per heavy atom. The van der Waals surface area contributed by atoms with Gasteiger partial charge >= 0.3 is 0 Å². The van der Waals surface area contributed by atoms with Crippen LogP contribution in [0.5, 0.6) is 0 Å². The highest BCUT2D eigenvalue weighted by molar-refractivity contribution is 4.74. The zero-order valence-electron chi connectivity index (χ0n) is 11.2. The lowest BCUT2D eigenvalue weighted by Crippen LogP contribution is -2.38. The van der Waals surface area contributed by atoms with Crippen LogP contribution >= 0.6 is 0 Å². The van der Waals surface area contributed by atoms with Crippen molar-refractivity contribution in [3.8, 4) is 0 Å². The second kappa shape index (κ2) is 8.04. The van der Waals surface area contributed by atoms with Crippen LogP contribution in [0, 0.1) is 5.92 Å². The van der Waals surface area contributed by atoms with Crippen molar-refractivity contribution in [3.05, 3.63) is 0 Å². The molecule has 0 amide bonds. The van der Waals surface area contributed by atoms with Crippen LogP contribution in [0.25, 0.3) is 0 Å². The third kappa shape index (κ3) is 5.28. The molecular weight excluding hydrogens is 200 g/mol. The van der Waals surface area contributed by atoms with Gasteiger partial charge in [-0.05, 0) is 59.2 Å². The molecule has 1 heterocycles. The van der Waals surface area contributed by atoms with E-state index in [1.165, 1.54) is 32.4 Å².